The molecular weight excluding hydrogens is 274 g/mol. The van der Waals surface area contributed by atoms with Crippen LogP contribution < -0.4 is 5.73 Å². The Hall–Kier alpha value is -0.670. The molecule has 22 heavy (non-hydrogen) atoms. The van der Waals surface area contributed by atoms with Gasteiger partial charge in [0.25, 0.3) is 0 Å². The van der Waals surface area contributed by atoms with Crippen molar-refractivity contribution in [2.45, 2.75) is 64.5 Å². The van der Waals surface area contributed by atoms with Crippen molar-refractivity contribution < 1.29 is 9.90 Å². The summed E-state index contributed by atoms with van der Waals surface area (Å²) >= 11 is 0. The molecule has 0 bridgehead atoms. The van der Waals surface area contributed by atoms with Gasteiger partial charge in [-0.2, -0.15) is 0 Å². The zero-order chi connectivity index (χ0) is 15.7. The molecule has 122 valence electrons. The number of allylic oxidation sites excluding steroid dienone is 1. The van der Waals surface area contributed by atoms with E-state index in [1.165, 1.54) is 0 Å². The lowest BCUT2D eigenvalue weighted by Gasteiger charge is -2.59. The van der Waals surface area contributed by atoms with Crippen LogP contribution in [0.1, 0.15) is 52.4 Å². The van der Waals surface area contributed by atoms with Gasteiger partial charge in [-0.25, -0.2) is 0 Å². The van der Waals surface area contributed by atoms with Crippen LogP contribution in [0.3, 0.4) is 0 Å². The number of aliphatic hydroxyl groups excluding tert-OH is 1. The largest absolute Gasteiger partial charge is 0.393 e. The van der Waals surface area contributed by atoms with Crippen molar-refractivity contribution >= 4 is 5.78 Å². The van der Waals surface area contributed by atoms with E-state index < -0.39 is 0 Å². The minimum atomic E-state index is -0.253. The van der Waals surface area contributed by atoms with Gasteiger partial charge in [-0.15, -0.1) is 0 Å². The topological polar surface area (TPSA) is 63.3 Å². The molecule has 3 unspecified atom stereocenters. The molecular formula is C19H29NO2. The van der Waals surface area contributed by atoms with Crippen LogP contribution in [0.5, 0.6) is 0 Å². The van der Waals surface area contributed by atoms with Gasteiger partial charge in [0.2, 0.25) is 0 Å². The third kappa shape index (κ3) is 1.78. The lowest BCUT2D eigenvalue weighted by Crippen LogP contribution is -2.57. The number of aliphatic hydroxyl groups is 1. The van der Waals surface area contributed by atoms with E-state index in [0.717, 1.165) is 38.5 Å². The molecule has 4 aliphatic rings. The van der Waals surface area contributed by atoms with E-state index in [0.29, 0.717) is 29.5 Å². The number of ketones is 1. The first-order chi connectivity index (χ1) is 10.4. The van der Waals surface area contributed by atoms with Gasteiger partial charge in [0.05, 0.1) is 6.10 Å². The fourth-order valence-electron chi connectivity index (χ4n) is 6.58. The third-order valence-electron chi connectivity index (χ3n) is 7.95. The maximum atomic E-state index is 12.4. The van der Waals surface area contributed by atoms with Gasteiger partial charge in [-0.05, 0) is 61.2 Å². The van der Waals surface area contributed by atoms with Crippen molar-refractivity contribution in [3.05, 3.63) is 12.2 Å². The van der Waals surface area contributed by atoms with E-state index in [9.17, 15) is 9.90 Å². The van der Waals surface area contributed by atoms with Gasteiger partial charge in [-0.3, -0.25) is 4.79 Å². The van der Waals surface area contributed by atoms with Crippen molar-refractivity contribution in [2.75, 3.05) is 0 Å². The fraction of sp³-hybridized carbons (Fsp3) is 0.842. The Labute approximate surface area is 133 Å². The predicted molar refractivity (Wildman–Crippen MR) is 86.0 cm³/mol. The summed E-state index contributed by atoms with van der Waals surface area (Å²) in [6, 6.07) is 0.142. The molecule has 3 saturated carbocycles. The number of Topliss-reactive ketones (excluding diaryl/α,β-unsaturated/α-hetero) is 1. The highest BCUT2D eigenvalue weighted by Gasteiger charge is 2.61. The molecule has 0 aromatic heterocycles. The molecule has 4 aliphatic carbocycles. The Morgan fingerprint density at radius 3 is 2.77 bits per heavy atom. The van der Waals surface area contributed by atoms with Gasteiger partial charge >= 0.3 is 0 Å². The van der Waals surface area contributed by atoms with E-state index in [1.807, 2.05) is 0 Å². The summed E-state index contributed by atoms with van der Waals surface area (Å²) in [5.41, 5.74) is 6.12. The average molecular weight is 303 g/mol. The van der Waals surface area contributed by atoms with E-state index in [4.69, 9.17) is 5.73 Å². The van der Waals surface area contributed by atoms with E-state index in [1.54, 1.807) is 0 Å². The quantitative estimate of drug-likeness (QED) is 0.676. The van der Waals surface area contributed by atoms with Crippen LogP contribution in [0.2, 0.25) is 0 Å². The summed E-state index contributed by atoms with van der Waals surface area (Å²) in [6.07, 6.45) is 9.92. The lowest BCUT2D eigenvalue weighted by atomic mass is 9.45. The summed E-state index contributed by atoms with van der Waals surface area (Å²) in [5, 5.41) is 10.9. The van der Waals surface area contributed by atoms with Crippen molar-refractivity contribution in [1.29, 1.82) is 0 Å². The minimum absolute atomic E-state index is 0.142. The number of hydrogen-bond donors (Lipinski definition) is 2. The average Bonchev–Trinajstić information content (AvgIpc) is 2.77. The van der Waals surface area contributed by atoms with Crippen LogP contribution in [0.4, 0.5) is 0 Å². The second kappa shape index (κ2) is 4.67. The first-order valence-electron chi connectivity index (χ1n) is 9.02. The van der Waals surface area contributed by atoms with Crippen LogP contribution >= 0.6 is 0 Å². The molecule has 0 amide bonds. The molecule has 4 rings (SSSR count). The Bertz CT molecular complexity index is 530. The van der Waals surface area contributed by atoms with Gasteiger partial charge in [0, 0.05) is 17.9 Å². The molecule has 3 heteroatoms. The Morgan fingerprint density at radius 2 is 2.00 bits per heavy atom. The summed E-state index contributed by atoms with van der Waals surface area (Å²) in [4.78, 5) is 12.4. The highest BCUT2D eigenvalue weighted by molar-refractivity contribution is 5.87. The number of carbonyl (C=O) groups is 1. The lowest BCUT2D eigenvalue weighted by molar-refractivity contribution is -0.148. The molecule has 0 aromatic carbocycles. The van der Waals surface area contributed by atoms with Crippen molar-refractivity contribution in [3.8, 4) is 0 Å². The maximum Gasteiger partial charge on any atom is 0.139 e. The second-order valence-corrected chi connectivity index (χ2v) is 8.83. The van der Waals surface area contributed by atoms with E-state index in [2.05, 4.69) is 26.0 Å². The predicted octanol–water partition coefficient (Wildman–Crippen LogP) is 2.67. The SMILES string of the molecule is C[C@]12C=CC(N)CC1CC(O)[C@@H]1[C@H]2CC[C@]2(C)C(=O)CC[C@@H]12. The summed E-state index contributed by atoms with van der Waals surface area (Å²) in [6.45, 7) is 4.54. The maximum absolute atomic E-state index is 12.4. The highest BCUT2D eigenvalue weighted by Crippen LogP contribution is 2.64. The van der Waals surface area contributed by atoms with E-state index >= 15 is 0 Å². The Balaban J connectivity index is 1.73. The normalized spacial score (nSPS) is 57.2. The molecule has 0 spiro atoms. The standard InChI is InChI=1S/C19H29NO2/c1-18-7-5-12(20)9-11(18)10-15(21)17-13-3-4-16(22)19(13,2)8-6-14(17)18/h5,7,11-15,17,21H,3-4,6,8-10,20H2,1-2H3/t11?,12?,13-,14+,15?,17-,18-,19-/m0/s1. The van der Waals surface area contributed by atoms with Crippen molar-refractivity contribution in [1.82, 2.24) is 0 Å². The van der Waals surface area contributed by atoms with Gasteiger partial charge in [0.15, 0.2) is 0 Å². The first-order valence-corrected chi connectivity index (χ1v) is 9.02. The third-order valence-corrected chi connectivity index (χ3v) is 7.95. The smallest absolute Gasteiger partial charge is 0.139 e. The van der Waals surface area contributed by atoms with Crippen LogP contribution in [-0.4, -0.2) is 23.0 Å². The molecule has 0 aliphatic heterocycles. The second-order valence-electron chi connectivity index (χ2n) is 8.83. The van der Waals surface area contributed by atoms with Crippen molar-refractivity contribution in [2.24, 2.45) is 40.2 Å². The van der Waals surface area contributed by atoms with Crippen LogP contribution in [0.15, 0.2) is 12.2 Å². The zero-order valence-corrected chi connectivity index (χ0v) is 13.8. The monoisotopic (exact) mass is 303 g/mol. The molecule has 0 heterocycles. The molecule has 8 atom stereocenters. The number of hydrogen-bond acceptors (Lipinski definition) is 3. The van der Waals surface area contributed by atoms with Gasteiger partial charge in [0.1, 0.15) is 5.78 Å². The zero-order valence-electron chi connectivity index (χ0n) is 13.8. The number of fused-ring (bicyclic) bond motifs is 5. The van der Waals surface area contributed by atoms with Crippen LogP contribution in [-0.2, 0) is 4.79 Å². The van der Waals surface area contributed by atoms with Gasteiger partial charge in [-0.1, -0.05) is 26.0 Å². The molecule has 0 radical (unpaired) electrons. The van der Waals surface area contributed by atoms with Crippen molar-refractivity contribution in [3.63, 3.8) is 0 Å². The van der Waals surface area contributed by atoms with Crippen LogP contribution in [0.25, 0.3) is 0 Å². The fourth-order valence-corrected chi connectivity index (χ4v) is 6.58. The summed E-state index contributed by atoms with van der Waals surface area (Å²) < 4.78 is 0. The summed E-state index contributed by atoms with van der Waals surface area (Å²) in [7, 11) is 0. The minimum Gasteiger partial charge on any atom is -0.393 e. The van der Waals surface area contributed by atoms with Gasteiger partial charge < -0.3 is 10.8 Å². The summed E-state index contributed by atoms with van der Waals surface area (Å²) in [5.74, 6) is 2.12. The molecule has 0 saturated heterocycles. The first kappa shape index (κ1) is 14.9. The van der Waals surface area contributed by atoms with Crippen LogP contribution in [0, 0.1) is 34.5 Å². The highest BCUT2D eigenvalue weighted by atomic mass is 16.3. The molecule has 0 aromatic rings. The molecule has 3 fully saturated rings. The van der Waals surface area contributed by atoms with E-state index in [-0.39, 0.29) is 23.0 Å². The molecule has 3 N–H and O–H groups in total. The number of nitrogens with two attached hydrogens (primary N) is 1. The number of rotatable bonds is 0. The number of carbonyl (C=O) groups excluding carboxylic acids is 1. The molecule has 3 nitrogen and oxygen atoms in total. The Morgan fingerprint density at radius 1 is 1.23 bits per heavy atom. The Kier molecular flexibility index (Phi) is 3.16.